The molecule has 1 aliphatic rings. The fraction of sp³-hybridized carbons (Fsp3) is 0.182. The smallest absolute Gasteiger partial charge is 0.273 e. The molecule has 0 radical (unpaired) electrons. The topological polar surface area (TPSA) is 118 Å². The van der Waals surface area contributed by atoms with Gasteiger partial charge in [0.05, 0.1) is 16.8 Å². The number of fused-ring (bicyclic) bond motifs is 1. The van der Waals surface area contributed by atoms with Crippen LogP contribution < -0.4 is 15.8 Å². The van der Waals surface area contributed by atoms with E-state index in [-0.39, 0.29) is 0 Å². The molecule has 1 fully saturated rings. The van der Waals surface area contributed by atoms with Crippen LogP contribution in [0.3, 0.4) is 0 Å². The standard InChI is InChI=1S/C22H20N8O2/c31-21(15-7-9-17(10-8-15)30-14-23-27-28-30)25-26-22(32)18-13-16-5-1-2-6-19(16)24-20(18)29-11-3-4-12-29/h1-2,5-10,13-14H,3-4,11-12H2,(H,25,31)(H,26,32). The lowest BCUT2D eigenvalue weighted by Crippen LogP contribution is -2.42. The van der Waals surface area contributed by atoms with E-state index >= 15 is 0 Å². The van der Waals surface area contributed by atoms with Crippen LogP contribution in [0.15, 0.2) is 60.9 Å². The summed E-state index contributed by atoms with van der Waals surface area (Å²) in [5, 5.41) is 11.8. The second-order valence-corrected chi connectivity index (χ2v) is 7.46. The van der Waals surface area contributed by atoms with E-state index in [9.17, 15) is 9.59 Å². The number of amides is 2. The number of hydrogen-bond donors (Lipinski definition) is 2. The van der Waals surface area contributed by atoms with Gasteiger partial charge >= 0.3 is 0 Å². The highest BCUT2D eigenvalue weighted by Gasteiger charge is 2.22. The molecule has 3 heterocycles. The third-order valence-corrected chi connectivity index (χ3v) is 5.39. The number of hydrogen-bond acceptors (Lipinski definition) is 7. The largest absolute Gasteiger partial charge is 0.356 e. The van der Waals surface area contributed by atoms with E-state index in [1.807, 2.05) is 30.3 Å². The summed E-state index contributed by atoms with van der Waals surface area (Å²) >= 11 is 0. The van der Waals surface area contributed by atoms with E-state index in [4.69, 9.17) is 4.98 Å². The van der Waals surface area contributed by atoms with Crippen molar-refractivity contribution < 1.29 is 9.59 Å². The maximum atomic E-state index is 13.0. The summed E-state index contributed by atoms with van der Waals surface area (Å²) in [6.07, 6.45) is 3.59. The van der Waals surface area contributed by atoms with Gasteiger partial charge in [0, 0.05) is 24.0 Å². The number of para-hydroxylation sites is 1. The van der Waals surface area contributed by atoms with Crippen LogP contribution in [-0.2, 0) is 0 Å². The van der Waals surface area contributed by atoms with Crippen LogP contribution in [0.4, 0.5) is 5.82 Å². The molecule has 0 saturated carbocycles. The second kappa shape index (κ2) is 8.42. The van der Waals surface area contributed by atoms with Crippen molar-refractivity contribution in [2.45, 2.75) is 12.8 Å². The summed E-state index contributed by atoms with van der Waals surface area (Å²) in [5.41, 5.74) is 7.38. The van der Waals surface area contributed by atoms with E-state index in [1.165, 1.54) is 11.0 Å². The fourth-order valence-electron chi connectivity index (χ4n) is 3.74. The van der Waals surface area contributed by atoms with Crippen LogP contribution in [0.1, 0.15) is 33.6 Å². The Labute approximate surface area is 183 Å². The highest BCUT2D eigenvalue weighted by Crippen LogP contribution is 2.26. The first kappa shape index (κ1) is 19.6. The number of anilines is 1. The van der Waals surface area contributed by atoms with Gasteiger partial charge in [-0.05, 0) is 59.7 Å². The molecule has 2 aromatic heterocycles. The molecule has 10 nitrogen and oxygen atoms in total. The van der Waals surface area contributed by atoms with Crippen molar-refractivity contribution in [3.05, 3.63) is 72.1 Å². The average molecular weight is 428 g/mol. The Balaban J connectivity index is 1.33. The maximum absolute atomic E-state index is 13.0. The maximum Gasteiger partial charge on any atom is 0.273 e. The molecular weight excluding hydrogens is 408 g/mol. The van der Waals surface area contributed by atoms with E-state index in [1.54, 1.807) is 24.3 Å². The Bertz CT molecular complexity index is 1270. The van der Waals surface area contributed by atoms with Crippen LogP contribution >= 0.6 is 0 Å². The second-order valence-electron chi connectivity index (χ2n) is 7.46. The van der Waals surface area contributed by atoms with E-state index in [2.05, 4.69) is 31.3 Å². The minimum absolute atomic E-state index is 0.388. The Hall–Kier alpha value is -4.34. The molecule has 2 N–H and O–H groups in total. The third-order valence-electron chi connectivity index (χ3n) is 5.39. The zero-order valence-corrected chi connectivity index (χ0v) is 17.1. The number of carbonyl (C=O) groups excluding carboxylic acids is 2. The minimum Gasteiger partial charge on any atom is -0.356 e. The highest BCUT2D eigenvalue weighted by atomic mass is 16.2. The summed E-state index contributed by atoms with van der Waals surface area (Å²) in [6.45, 7) is 1.71. The van der Waals surface area contributed by atoms with E-state index < -0.39 is 11.8 Å². The van der Waals surface area contributed by atoms with Gasteiger partial charge < -0.3 is 4.90 Å². The number of pyridine rings is 1. The molecule has 1 saturated heterocycles. The highest BCUT2D eigenvalue weighted by molar-refractivity contribution is 6.04. The van der Waals surface area contributed by atoms with Gasteiger partial charge in [0.2, 0.25) is 0 Å². The summed E-state index contributed by atoms with van der Waals surface area (Å²) in [7, 11) is 0. The molecular formula is C22H20N8O2. The number of benzene rings is 2. The molecule has 5 rings (SSSR count). The number of aromatic nitrogens is 5. The normalized spacial score (nSPS) is 13.3. The van der Waals surface area contributed by atoms with Gasteiger partial charge in [0.15, 0.2) is 0 Å². The zero-order chi connectivity index (χ0) is 21.9. The Kier molecular flexibility index (Phi) is 5.16. The molecule has 0 aliphatic carbocycles. The molecule has 32 heavy (non-hydrogen) atoms. The summed E-state index contributed by atoms with van der Waals surface area (Å²) in [4.78, 5) is 32.4. The lowest BCUT2D eigenvalue weighted by atomic mass is 10.1. The van der Waals surface area contributed by atoms with Gasteiger partial charge in [0.1, 0.15) is 12.1 Å². The number of rotatable bonds is 4. The van der Waals surface area contributed by atoms with E-state index in [0.29, 0.717) is 22.6 Å². The number of tetrazole rings is 1. The van der Waals surface area contributed by atoms with Crippen molar-refractivity contribution in [3.63, 3.8) is 0 Å². The SMILES string of the molecule is O=C(NNC(=O)c1cc2ccccc2nc1N1CCCC1)c1ccc(-n2cnnn2)cc1. The predicted molar refractivity (Wildman–Crippen MR) is 117 cm³/mol. The number of hydrazine groups is 1. The van der Waals surface area contributed by atoms with Crippen LogP contribution in [0, 0.1) is 0 Å². The molecule has 0 spiro atoms. The van der Waals surface area contributed by atoms with Gasteiger partial charge in [-0.1, -0.05) is 18.2 Å². The summed E-state index contributed by atoms with van der Waals surface area (Å²) < 4.78 is 1.48. The lowest BCUT2D eigenvalue weighted by molar-refractivity contribution is 0.0847. The number of nitrogens with one attached hydrogen (secondary N) is 2. The zero-order valence-electron chi connectivity index (χ0n) is 17.1. The van der Waals surface area contributed by atoms with Crippen molar-refractivity contribution in [3.8, 4) is 5.69 Å². The van der Waals surface area contributed by atoms with Gasteiger partial charge in [-0.3, -0.25) is 20.4 Å². The predicted octanol–water partition coefficient (Wildman–Crippen LogP) is 1.89. The van der Waals surface area contributed by atoms with Gasteiger partial charge in [-0.2, -0.15) is 0 Å². The molecule has 0 atom stereocenters. The van der Waals surface area contributed by atoms with Crippen molar-refractivity contribution >= 4 is 28.5 Å². The van der Waals surface area contributed by atoms with Crippen molar-refractivity contribution in [1.29, 1.82) is 0 Å². The van der Waals surface area contributed by atoms with Crippen LogP contribution in [0.25, 0.3) is 16.6 Å². The van der Waals surface area contributed by atoms with Crippen LogP contribution in [0.5, 0.6) is 0 Å². The van der Waals surface area contributed by atoms with E-state index in [0.717, 1.165) is 36.8 Å². The average Bonchev–Trinajstić information content (AvgIpc) is 3.56. The quantitative estimate of drug-likeness (QED) is 0.477. The molecule has 0 unspecified atom stereocenters. The molecule has 1 aliphatic heterocycles. The first-order valence-corrected chi connectivity index (χ1v) is 10.3. The van der Waals surface area contributed by atoms with Gasteiger partial charge in [-0.15, -0.1) is 5.10 Å². The first-order chi connectivity index (χ1) is 15.7. The fourth-order valence-corrected chi connectivity index (χ4v) is 3.74. The number of nitrogens with zero attached hydrogens (tertiary/aromatic N) is 6. The monoisotopic (exact) mass is 428 g/mol. The molecule has 10 heteroatoms. The Morgan fingerprint density at radius 1 is 0.906 bits per heavy atom. The van der Waals surface area contributed by atoms with Crippen LogP contribution in [-0.4, -0.2) is 50.1 Å². The summed E-state index contributed by atoms with van der Waals surface area (Å²) in [6, 6.07) is 16.2. The van der Waals surface area contributed by atoms with Crippen molar-refractivity contribution in [1.82, 2.24) is 36.0 Å². The van der Waals surface area contributed by atoms with Crippen LogP contribution in [0.2, 0.25) is 0 Å². The molecule has 0 bridgehead atoms. The van der Waals surface area contributed by atoms with Crippen molar-refractivity contribution in [2.24, 2.45) is 0 Å². The molecule has 4 aromatic rings. The molecule has 2 amide bonds. The van der Waals surface area contributed by atoms with Gasteiger partial charge in [0.25, 0.3) is 11.8 Å². The Morgan fingerprint density at radius 3 is 2.41 bits per heavy atom. The Morgan fingerprint density at radius 2 is 1.66 bits per heavy atom. The van der Waals surface area contributed by atoms with Crippen molar-refractivity contribution in [2.75, 3.05) is 18.0 Å². The molecule has 160 valence electrons. The minimum atomic E-state index is -0.432. The lowest BCUT2D eigenvalue weighted by Gasteiger charge is -2.20. The number of carbonyl (C=O) groups is 2. The first-order valence-electron chi connectivity index (χ1n) is 10.3. The third kappa shape index (κ3) is 3.85. The summed E-state index contributed by atoms with van der Waals surface area (Å²) in [5.74, 6) is -0.208. The molecule has 2 aromatic carbocycles. The van der Waals surface area contributed by atoms with Gasteiger partial charge in [-0.25, -0.2) is 9.67 Å².